The Morgan fingerprint density at radius 2 is 1.55 bits per heavy atom. The number of carbonyl (C=O) groups is 1. The molecule has 0 amide bonds. The lowest BCUT2D eigenvalue weighted by molar-refractivity contribution is -0.156. The molecule has 3 aliphatic rings. The number of rotatable bonds is 4. The molecule has 2 aromatic carbocycles. The zero-order valence-electron chi connectivity index (χ0n) is 20.8. The van der Waals surface area contributed by atoms with Crippen molar-refractivity contribution in [1.82, 2.24) is 0 Å². The van der Waals surface area contributed by atoms with Crippen LogP contribution >= 0.6 is 0 Å². The molecule has 2 bridgehead atoms. The first kappa shape index (κ1) is 22.3. The van der Waals surface area contributed by atoms with Gasteiger partial charge in [0, 0.05) is 24.5 Å². The summed E-state index contributed by atoms with van der Waals surface area (Å²) in [6.45, 7) is 12.8. The maximum Gasteiger partial charge on any atom is 0.310 e. The number of hydrogen-bond donors (Lipinski definition) is 0. The maximum atomic E-state index is 13.3. The van der Waals surface area contributed by atoms with Crippen molar-refractivity contribution in [2.45, 2.75) is 85.7 Å². The second-order valence-corrected chi connectivity index (χ2v) is 11.1. The lowest BCUT2D eigenvalue weighted by atomic mass is 9.75. The van der Waals surface area contributed by atoms with Crippen LogP contribution in [0.25, 0.3) is 0 Å². The monoisotopic (exact) mass is 446 g/mol. The summed E-state index contributed by atoms with van der Waals surface area (Å²) in [5.41, 5.74) is 7.75. The molecule has 0 radical (unpaired) electrons. The van der Waals surface area contributed by atoms with Crippen LogP contribution in [0.15, 0.2) is 36.4 Å². The van der Waals surface area contributed by atoms with Gasteiger partial charge in [-0.1, -0.05) is 62.6 Å². The number of fused-ring (bicyclic) bond motifs is 6. The minimum Gasteiger partial charge on any atom is -0.462 e. The molecule has 2 aliphatic heterocycles. The summed E-state index contributed by atoms with van der Waals surface area (Å²) < 4.78 is 6.23. The van der Waals surface area contributed by atoms with Gasteiger partial charge in [0.05, 0.1) is 6.42 Å². The molecule has 1 saturated carbocycles. The molecule has 176 valence electrons. The number of ether oxygens (including phenoxy) is 1. The third kappa shape index (κ3) is 4.25. The predicted molar refractivity (Wildman–Crippen MR) is 134 cm³/mol. The number of nitrogens with zero attached hydrogens (tertiary/aromatic N) is 2. The Hall–Kier alpha value is -2.49. The quantitative estimate of drug-likeness (QED) is 0.511. The average molecular weight is 447 g/mol. The highest BCUT2D eigenvalue weighted by atomic mass is 16.5. The second-order valence-electron chi connectivity index (χ2n) is 11.1. The molecular formula is C29H38N2O2. The van der Waals surface area contributed by atoms with E-state index in [1.807, 2.05) is 0 Å². The Balaban J connectivity index is 1.41. The van der Waals surface area contributed by atoms with Crippen LogP contribution in [-0.2, 0) is 22.6 Å². The van der Waals surface area contributed by atoms with E-state index in [4.69, 9.17) is 4.74 Å². The first-order valence-electron chi connectivity index (χ1n) is 12.7. The van der Waals surface area contributed by atoms with Gasteiger partial charge in [-0.2, -0.15) is 0 Å². The van der Waals surface area contributed by atoms with Crippen LogP contribution in [0, 0.1) is 31.6 Å². The van der Waals surface area contributed by atoms with Crippen molar-refractivity contribution in [3.63, 3.8) is 0 Å². The van der Waals surface area contributed by atoms with Crippen molar-refractivity contribution in [1.29, 1.82) is 0 Å². The fraction of sp³-hybridized carbons (Fsp3) is 0.552. The fourth-order valence-corrected chi connectivity index (χ4v) is 6.32. The van der Waals surface area contributed by atoms with Crippen molar-refractivity contribution < 1.29 is 9.53 Å². The summed E-state index contributed by atoms with van der Waals surface area (Å²) in [5.74, 6) is 1.60. The molecule has 0 N–H and O–H groups in total. The number of hydrogen-bond acceptors (Lipinski definition) is 4. The van der Waals surface area contributed by atoms with Crippen LogP contribution in [0.1, 0.15) is 68.7 Å². The van der Waals surface area contributed by atoms with Gasteiger partial charge < -0.3 is 14.5 Å². The van der Waals surface area contributed by atoms with Gasteiger partial charge in [0.2, 0.25) is 0 Å². The summed E-state index contributed by atoms with van der Waals surface area (Å²) in [5, 5.41) is 0. The first-order chi connectivity index (χ1) is 15.8. The second kappa shape index (κ2) is 8.70. The van der Waals surface area contributed by atoms with Gasteiger partial charge in [0.1, 0.15) is 12.3 Å². The van der Waals surface area contributed by atoms with Gasteiger partial charge in [0.15, 0.2) is 0 Å². The molecule has 4 nitrogen and oxygen atoms in total. The van der Waals surface area contributed by atoms with Gasteiger partial charge in [-0.3, -0.25) is 4.79 Å². The van der Waals surface area contributed by atoms with Crippen molar-refractivity contribution in [2.24, 2.45) is 17.8 Å². The predicted octanol–water partition coefficient (Wildman–Crippen LogP) is 6.36. The SMILES string of the molecule is Cc1ccc2c(c1)CN1c3ccc(C)cc3CN2C1CC(=O)O[C@@H]1C[C@H](C)CC[C@H]1C(C)C. The maximum absolute atomic E-state index is 13.3. The van der Waals surface area contributed by atoms with Crippen LogP contribution in [0.4, 0.5) is 11.4 Å². The van der Waals surface area contributed by atoms with Crippen molar-refractivity contribution in [3.8, 4) is 0 Å². The molecule has 0 unspecified atom stereocenters. The van der Waals surface area contributed by atoms with E-state index in [2.05, 4.69) is 80.8 Å². The molecule has 1 aliphatic carbocycles. The van der Waals surface area contributed by atoms with E-state index < -0.39 is 0 Å². The first-order valence-corrected chi connectivity index (χ1v) is 12.7. The van der Waals surface area contributed by atoms with Gasteiger partial charge in [-0.15, -0.1) is 0 Å². The topological polar surface area (TPSA) is 32.8 Å². The summed E-state index contributed by atoms with van der Waals surface area (Å²) in [6, 6.07) is 13.4. The van der Waals surface area contributed by atoms with Crippen LogP contribution in [-0.4, -0.2) is 18.2 Å². The summed E-state index contributed by atoms with van der Waals surface area (Å²) >= 11 is 0. The van der Waals surface area contributed by atoms with Crippen molar-refractivity contribution in [2.75, 3.05) is 9.80 Å². The zero-order chi connectivity index (χ0) is 23.3. The molecule has 4 heteroatoms. The number of esters is 1. The van der Waals surface area contributed by atoms with Crippen LogP contribution in [0.2, 0.25) is 0 Å². The third-order valence-corrected chi connectivity index (χ3v) is 8.08. The lowest BCUT2D eigenvalue weighted by Gasteiger charge is -2.51. The molecule has 0 aromatic heterocycles. The van der Waals surface area contributed by atoms with Crippen LogP contribution in [0.5, 0.6) is 0 Å². The highest BCUT2D eigenvalue weighted by molar-refractivity contribution is 5.76. The highest BCUT2D eigenvalue weighted by Crippen LogP contribution is 2.43. The molecule has 33 heavy (non-hydrogen) atoms. The summed E-state index contributed by atoms with van der Waals surface area (Å²) in [4.78, 5) is 18.2. The molecular weight excluding hydrogens is 408 g/mol. The Bertz CT molecular complexity index is 986. The lowest BCUT2D eigenvalue weighted by Crippen LogP contribution is -2.56. The number of carbonyl (C=O) groups excluding carboxylic acids is 1. The normalized spacial score (nSPS) is 24.5. The Labute approximate surface area is 198 Å². The Morgan fingerprint density at radius 3 is 2.09 bits per heavy atom. The van der Waals surface area contributed by atoms with E-state index in [0.717, 1.165) is 25.9 Å². The molecule has 0 saturated heterocycles. The van der Waals surface area contributed by atoms with E-state index in [9.17, 15) is 4.79 Å². The smallest absolute Gasteiger partial charge is 0.310 e. The number of aryl methyl sites for hydroxylation is 2. The summed E-state index contributed by atoms with van der Waals surface area (Å²) in [6.07, 6.45) is 3.86. The average Bonchev–Trinajstić information content (AvgIpc) is 2.74. The molecule has 3 atom stereocenters. The van der Waals surface area contributed by atoms with E-state index >= 15 is 0 Å². The van der Waals surface area contributed by atoms with Gasteiger partial charge in [-0.05, 0) is 67.7 Å². The van der Waals surface area contributed by atoms with E-state index in [1.54, 1.807) is 0 Å². The fourth-order valence-electron chi connectivity index (χ4n) is 6.32. The molecule has 0 spiro atoms. The molecule has 2 heterocycles. The number of benzene rings is 2. The zero-order valence-corrected chi connectivity index (χ0v) is 20.8. The Kier molecular flexibility index (Phi) is 5.88. The van der Waals surface area contributed by atoms with E-state index in [-0.39, 0.29) is 18.2 Å². The minimum absolute atomic E-state index is 0.00132. The molecule has 1 fully saturated rings. The van der Waals surface area contributed by atoms with Crippen LogP contribution < -0.4 is 9.80 Å². The minimum atomic E-state index is -0.0501. The number of anilines is 2. The standard InChI is InChI=1S/C29H38N2O2/c1-18(2)24-9-6-21(5)14-27(24)33-29(32)15-28-30-16-22-12-19(3)7-10-25(22)31(28)17-23-13-20(4)8-11-26(23)30/h7-8,10-13,18,21,24,27-28H,6,9,14-17H2,1-5H3/t21-,24+,27-/m1/s1. The summed E-state index contributed by atoms with van der Waals surface area (Å²) in [7, 11) is 0. The third-order valence-electron chi connectivity index (χ3n) is 8.08. The van der Waals surface area contributed by atoms with Crippen molar-refractivity contribution >= 4 is 17.3 Å². The Morgan fingerprint density at radius 1 is 0.970 bits per heavy atom. The van der Waals surface area contributed by atoms with Gasteiger partial charge >= 0.3 is 5.97 Å². The molecule has 2 aromatic rings. The molecule has 5 rings (SSSR count). The van der Waals surface area contributed by atoms with E-state index in [1.165, 1.54) is 40.0 Å². The van der Waals surface area contributed by atoms with E-state index in [0.29, 0.717) is 24.2 Å². The van der Waals surface area contributed by atoms with Crippen molar-refractivity contribution in [3.05, 3.63) is 58.7 Å². The van der Waals surface area contributed by atoms with Gasteiger partial charge in [0.25, 0.3) is 0 Å². The van der Waals surface area contributed by atoms with Gasteiger partial charge in [-0.25, -0.2) is 0 Å². The van der Waals surface area contributed by atoms with Crippen LogP contribution in [0.3, 0.4) is 0 Å². The largest absolute Gasteiger partial charge is 0.462 e. The highest BCUT2D eigenvalue weighted by Gasteiger charge is 2.40.